The Morgan fingerprint density at radius 2 is 1.40 bits per heavy atom. The third-order valence-electron chi connectivity index (χ3n) is 7.67. The lowest BCUT2D eigenvalue weighted by Gasteiger charge is -2.34. The average molecular weight is 695 g/mol. The molecule has 4 aromatic rings. The van der Waals surface area contributed by atoms with E-state index in [-0.39, 0.29) is 29.7 Å². The third kappa shape index (κ3) is 9.60. The summed E-state index contributed by atoms with van der Waals surface area (Å²) in [5, 5.41) is 3.65. The molecule has 0 saturated carbocycles. The highest BCUT2D eigenvalue weighted by atomic mass is 35.5. The molecule has 2 amide bonds. The number of nitrogens with zero attached hydrogens (tertiary/aromatic N) is 2. The highest BCUT2D eigenvalue weighted by Crippen LogP contribution is 2.28. The number of carbonyl (C=O) groups excluding carboxylic acids is 2. The van der Waals surface area contributed by atoms with Crippen molar-refractivity contribution in [2.75, 3.05) is 17.4 Å². The zero-order chi connectivity index (χ0) is 34.3. The third-order valence-corrected chi connectivity index (χ3v) is 10.2. The van der Waals surface area contributed by atoms with E-state index < -0.39 is 28.5 Å². The van der Waals surface area contributed by atoms with Crippen LogP contribution in [0.1, 0.15) is 41.7 Å². The Morgan fingerprint density at radius 1 is 0.766 bits per heavy atom. The van der Waals surface area contributed by atoms with Gasteiger partial charge >= 0.3 is 0 Å². The molecule has 0 aliphatic heterocycles. The fraction of sp³-hybridized carbons (Fsp3) is 0.297. The van der Waals surface area contributed by atoms with Crippen LogP contribution in [0, 0.1) is 26.7 Å². The Bertz CT molecular complexity index is 1790. The largest absolute Gasteiger partial charge is 0.354 e. The van der Waals surface area contributed by atoms with Crippen LogP contribution in [0.3, 0.4) is 0 Å². The van der Waals surface area contributed by atoms with Crippen molar-refractivity contribution in [2.45, 2.75) is 58.5 Å². The van der Waals surface area contributed by atoms with Gasteiger partial charge in [-0.2, -0.15) is 0 Å². The normalized spacial score (nSPS) is 12.1. The molecule has 7 nitrogen and oxygen atoms in total. The molecule has 0 aromatic heterocycles. The number of halogens is 2. The van der Waals surface area contributed by atoms with Crippen molar-refractivity contribution in [3.05, 3.63) is 129 Å². The van der Waals surface area contributed by atoms with Crippen molar-refractivity contribution in [3.63, 3.8) is 0 Å². The number of hydrogen-bond acceptors (Lipinski definition) is 4. The first-order valence-corrected chi connectivity index (χ1v) is 17.7. The van der Waals surface area contributed by atoms with Crippen molar-refractivity contribution in [3.8, 4) is 0 Å². The Labute approximate surface area is 288 Å². The van der Waals surface area contributed by atoms with Gasteiger partial charge in [0.25, 0.3) is 10.0 Å². The lowest BCUT2D eigenvalue weighted by molar-refractivity contribution is -0.140. The average Bonchev–Trinajstić information content (AvgIpc) is 3.02. The van der Waals surface area contributed by atoms with Gasteiger partial charge in [0, 0.05) is 19.5 Å². The molecule has 0 unspecified atom stereocenters. The summed E-state index contributed by atoms with van der Waals surface area (Å²) in [5.74, 6) is -0.711. The second-order valence-corrected chi connectivity index (χ2v) is 15.0. The van der Waals surface area contributed by atoms with Crippen LogP contribution in [0.4, 0.5) is 5.69 Å². The number of rotatable bonds is 13. The van der Waals surface area contributed by atoms with Gasteiger partial charge in [-0.15, -0.1) is 0 Å². The quantitative estimate of drug-likeness (QED) is 0.157. The summed E-state index contributed by atoms with van der Waals surface area (Å²) in [6.45, 7) is 9.47. The smallest absolute Gasteiger partial charge is 0.264 e. The van der Waals surface area contributed by atoms with Crippen LogP contribution >= 0.6 is 23.2 Å². The van der Waals surface area contributed by atoms with E-state index in [1.165, 1.54) is 17.0 Å². The van der Waals surface area contributed by atoms with E-state index in [2.05, 4.69) is 5.32 Å². The summed E-state index contributed by atoms with van der Waals surface area (Å²) < 4.78 is 29.7. The Hall–Kier alpha value is -3.85. The fourth-order valence-electron chi connectivity index (χ4n) is 5.27. The van der Waals surface area contributed by atoms with Gasteiger partial charge in [0.15, 0.2) is 0 Å². The van der Waals surface area contributed by atoms with Gasteiger partial charge < -0.3 is 10.2 Å². The molecule has 0 spiro atoms. The lowest BCUT2D eigenvalue weighted by Crippen LogP contribution is -2.53. The topological polar surface area (TPSA) is 86.8 Å². The molecule has 0 aliphatic rings. The summed E-state index contributed by atoms with van der Waals surface area (Å²) in [7, 11) is -4.20. The van der Waals surface area contributed by atoms with Gasteiger partial charge in [0.1, 0.15) is 12.6 Å². The van der Waals surface area contributed by atoms with Gasteiger partial charge in [0.2, 0.25) is 11.8 Å². The van der Waals surface area contributed by atoms with Crippen LogP contribution in [0.2, 0.25) is 10.0 Å². The maximum absolute atomic E-state index is 14.6. The van der Waals surface area contributed by atoms with Crippen LogP contribution in [0.5, 0.6) is 0 Å². The van der Waals surface area contributed by atoms with Gasteiger partial charge in [-0.1, -0.05) is 97.2 Å². The van der Waals surface area contributed by atoms with E-state index in [0.29, 0.717) is 27.8 Å². The minimum atomic E-state index is -4.20. The molecule has 0 heterocycles. The number of benzene rings is 4. The van der Waals surface area contributed by atoms with Gasteiger partial charge in [-0.25, -0.2) is 8.42 Å². The number of hydrogen-bond donors (Lipinski definition) is 1. The van der Waals surface area contributed by atoms with Crippen molar-refractivity contribution in [1.29, 1.82) is 0 Å². The Balaban J connectivity index is 1.84. The molecule has 47 heavy (non-hydrogen) atoms. The zero-order valence-electron chi connectivity index (χ0n) is 27.3. The zero-order valence-corrected chi connectivity index (χ0v) is 29.7. The second-order valence-electron chi connectivity index (χ2n) is 12.3. The van der Waals surface area contributed by atoms with E-state index in [1.807, 2.05) is 71.0 Å². The van der Waals surface area contributed by atoms with Crippen molar-refractivity contribution >= 4 is 50.7 Å². The number of anilines is 1. The van der Waals surface area contributed by atoms with Crippen molar-refractivity contribution < 1.29 is 18.0 Å². The van der Waals surface area contributed by atoms with Gasteiger partial charge in [0.05, 0.1) is 20.6 Å². The number of sulfonamides is 1. The standard InChI is InChI=1S/C37H41Cl2N3O4S/c1-25(2)22-40-37(44)35(21-29-9-7-6-8-10-29)41(23-30-13-16-33(38)34(39)20-30)36(43)24-42(31-18-27(4)17-28(5)19-31)47(45,46)32-14-11-26(3)12-15-32/h6-20,25,35H,21-24H2,1-5H3,(H,40,44)/t35-/m1/s1. The summed E-state index contributed by atoms with van der Waals surface area (Å²) >= 11 is 12.6. The molecule has 4 rings (SSSR count). The summed E-state index contributed by atoms with van der Waals surface area (Å²) in [6, 6.07) is 25.4. The molecule has 0 bridgehead atoms. The molecular formula is C37H41Cl2N3O4S. The van der Waals surface area contributed by atoms with E-state index >= 15 is 0 Å². The van der Waals surface area contributed by atoms with Crippen LogP contribution in [0.25, 0.3) is 0 Å². The first kappa shape index (κ1) is 36.0. The molecule has 248 valence electrons. The SMILES string of the molecule is Cc1ccc(S(=O)(=O)N(CC(=O)N(Cc2ccc(Cl)c(Cl)c2)[C@H](Cc2ccccc2)C(=O)NCC(C)C)c2cc(C)cc(C)c2)cc1. The highest BCUT2D eigenvalue weighted by molar-refractivity contribution is 7.92. The second kappa shape index (κ2) is 15.8. The molecular weight excluding hydrogens is 653 g/mol. The lowest BCUT2D eigenvalue weighted by atomic mass is 10.0. The predicted octanol–water partition coefficient (Wildman–Crippen LogP) is 7.53. The molecule has 4 aromatic carbocycles. The maximum atomic E-state index is 14.6. The molecule has 1 atom stereocenters. The number of aryl methyl sites for hydroxylation is 3. The summed E-state index contributed by atoms with van der Waals surface area (Å²) in [4.78, 5) is 30.1. The van der Waals surface area contributed by atoms with E-state index in [0.717, 1.165) is 26.6 Å². The van der Waals surface area contributed by atoms with E-state index in [9.17, 15) is 18.0 Å². The maximum Gasteiger partial charge on any atom is 0.264 e. The van der Waals surface area contributed by atoms with Gasteiger partial charge in [-0.3, -0.25) is 13.9 Å². The molecule has 0 aliphatic carbocycles. The van der Waals surface area contributed by atoms with Gasteiger partial charge in [-0.05, 0) is 85.3 Å². The monoisotopic (exact) mass is 693 g/mol. The van der Waals surface area contributed by atoms with E-state index in [1.54, 1.807) is 42.5 Å². The van der Waals surface area contributed by atoms with Crippen LogP contribution in [-0.4, -0.2) is 44.3 Å². The first-order chi connectivity index (χ1) is 22.2. The first-order valence-electron chi connectivity index (χ1n) is 15.5. The highest BCUT2D eigenvalue weighted by Gasteiger charge is 2.35. The molecule has 0 radical (unpaired) electrons. The van der Waals surface area contributed by atoms with Crippen LogP contribution in [0.15, 0.2) is 95.9 Å². The minimum Gasteiger partial charge on any atom is -0.354 e. The number of carbonyl (C=O) groups is 2. The Kier molecular flexibility index (Phi) is 12.1. The Morgan fingerprint density at radius 3 is 2.00 bits per heavy atom. The molecule has 1 N–H and O–H groups in total. The molecule has 0 fully saturated rings. The summed E-state index contributed by atoms with van der Waals surface area (Å²) in [6.07, 6.45) is 0.214. The van der Waals surface area contributed by atoms with Crippen molar-refractivity contribution in [2.24, 2.45) is 5.92 Å². The molecule has 0 saturated heterocycles. The van der Waals surface area contributed by atoms with Crippen LogP contribution < -0.4 is 9.62 Å². The number of amides is 2. The predicted molar refractivity (Wildman–Crippen MR) is 190 cm³/mol. The van der Waals surface area contributed by atoms with Crippen molar-refractivity contribution in [1.82, 2.24) is 10.2 Å². The fourth-order valence-corrected chi connectivity index (χ4v) is 6.99. The summed E-state index contributed by atoms with van der Waals surface area (Å²) in [5.41, 5.74) is 4.44. The van der Waals surface area contributed by atoms with Crippen LogP contribution in [-0.2, 0) is 32.6 Å². The molecule has 10 heteroatoms. The minimum absolute atomic E-state index is 0.00636. The van der Waals surface area contributed by atoms with E-state index in [4.69, 9.17) is 23.2 Å². The number of nitrogens with one attached hydrogen (secondary N) is 1.